The number of nitrogens with one attached hydrogen (secondary N) is 2. The van der Waals surface area contributed by atoms with Crippen molar-refractivity contribution in [2.75, 3.05) is 33.7 Å². The monoisotopic (exact) mass is 363 g/mol. The minimum atomic E-state index is 0.184. The quantitative estimate of drug-likeness (QED) is 0.545. The number of aliphatic imine (C=N–C) groups is 1. The van der Waals surface area contributed by atoms with E-state index in [1.165, 1.54) is 25.7 Å². The van der Waals surface area contributed by atoms with E-state index in [4.69, 9.17) is 4.99 Å². The Kier molecular flexibility index (Phi) is 7.87. The van der Waals surface area contributed by atoms with Gasteiger partial charge in [-0.25, -0.2) is 0 Å². The molecule has 148 valence electrons. The van der Waals surface area contributed by atoms with Crippen molar-refractivity contribution in [1.29, 1.82) is 0 Å². The fourth-order valence-electron chi connectivity index (χ4n) is 3.93. The predicted octanol–water partition coefficient (Wildman–Crippen LogP) is 1.91. The van der Waals surface area contributed by atoms with Gasteiger partial charge in [0.05, 0.1) is 6.54 Å². The van der Waals surface area contributed by atoms with Crippen molar-refractivity contribution >= 4 is 5.96 Å². The summed E-state index contributed by atoms with van der Waals surface area (Å²) in [6, 6.07) is 0. The highest BCUT2D eigenvalue weighted by Gasteiger charge is 2.36. The topological polar surface area (TPSA) is 70.4 Å². The van der Waals surface area contributed by atoms with E-state index in [1.54, 1.807) is 6.33 Å². The van der Waals surface area contributed by atoms with Crippen LogP contribution in [0.4, 0.5) is 0 Å². The Morgan fingerprint density at radius 3 is 2.85 bits per heavy atom. The fourth-order valence-corrected chi connectivity index (χ4v) is 3.93. The van der Waals surface area contributed by atoms with Crippen LogP contribution >= 0.6 is 0 Å². The van der Waals surface area contributed by atoms with Crippen LogP contribution in [0.1, 0.15) is 52.3 Å². The summed E-state index contributed by atoms with van der Waals surface area (Å²) in [5.41, 5.74) is 0.184. The van der Waals surface area contributed by atoms with Crippen molar-refractivity contribution < 1.29 is 0 Å². The average Bonchev–Trinajstić information content (AvgIpc) is 3.07. The zero-order chi connectivity index (χ0) is 19.0. The lowest BCUT2D eigenvalue weighted by atomic mass is 9.75. The van der Waals surface area contributed by atoms with Gasteiger partial charge in [0.1, 0.15) is 12.2 Å². The number of rotatable bonds is 8. The molecule has 7 heteroatoms. The van der Waals surface area contributed by atoms with Gasteiger partial charge in [-0.2, -0.15) is 0 Å². The largest absolute Gasteiger partial charge is 0.357 e. The molecule has 1 aliphatic carbocycles. The summed E-state index contributed by atoms with van der Waals surface area (Å²) in [5, 5.41) is 15.0. The van der Waals surface area contributed by atoms with Crippen LogP contribution in [0.2, 0.25) is 0 Å². The van der Waals surface area contributed by atoms with Gasteiger partial charge in [-0.1, -0.05) is 26.7 Å². The summed E-state index contributed by atoms with van der Waals surface area (Å²) in [4.78, 5) is 7.33. The molecule has 0 amide bonds. The normalized spacial score (nSPS) is 24.1. The number of likely N-dealkylation sites (N-methyl/N-ethyl adjacent to an activating group) is 1. The van der Waals surface area contributed by atoms with E-state index in [0.717, 1.165) is 50.3 Å². The second kappa shape index (κ2) is 9.90. The van der Waals surface area contributed by atoms with Crippen LogP contribution in [0, 0.1) is 5.92 Å². The number of nitrogens with zero attached hydrogens (tertiary/aromatic N) is 5. The fraction of sp³-hybridized carbons (Fsp3) is 0.842. The van der Waals surface area contributed by atoms with Crippen LogP contribution < -0.4 is 10.6 Å². The maximum absolute atomic E-state index is 4.94. The molecule has 0 aliphatic heterocycles. The van der Waals surface area contributed by atoms with Crippen molar-refractivity contribution in [3.63, 3.8) is 0 Å². The molecule has 0 aromatic carbocycles. The van der Waals surface area contributed by atoms with Crippen LogP contribution in [0.3, 0.4) is 0 Å². The lowest BCUT2D eigenvalue weighted by Gasteiger charge is -2.44. The molecule has 1 aromatic heterocycles. The molecule has 2 atom stereocenters. The standard InChI is InChI=1S/C19H37N7/c1-6-17-24-23-15-26(17)12-11-21-18(20-7-2)22-14-19(25(4)5)10-8-9-16(3)13-19/h15-16H,6-14H2,1-5H3,(H2,20,21,22). The average molecular weight is 364 g/mol. The molecule has 1 heterocycles. The van der Waals surface area contributed by atoms with Gasteiger partial charge in [0.25, 0.3) is 0 Å². The van der Waals surface area contributed by atoms with Crippen LogP contribution in [-0.4, -0.2) is 64.9 Å². The van der Waals surface area contributed by atoms with Gasteiger partial charge in [-0.3, -0.25) is 4.99 Å². The molecule has 1 saturated carbocycles. The highest BCUT2D eigenvalue weighted by Crippen LogP contribution is 2.35. The van der Waals surface area contributed by atoms with Gasteiger partial charge in [0, 0.05) is 31.6 Å². The van der Waals surface area contributed by atoms with E-state index in [-0.39, 0.29) is 5.54 Å². The zero-order valence-electron chi connectivity index (χ0n) is 17.3. The lowest BCUT2D eigenvalue weighted by Crippen LogP contribution is -2.51. The second-order valence-corrected chi connectivity index (χ2v) is 7.74. The SMILES string of the molecule is CCNC(=NCC1(N(C)C)CCCC(C)C1)NCCn1cnnc1CC. The van der Waals surface area contributed by atoms with Gasteiger partial charge >= 0.3 is 0 Å². The Hall–Kier alpha value is -1.63. The summed E-state index contributed by atoms with van der Waals surface area (Å²) < 4.78 is 2.10. The lowest BCUT2D eigenvalue weighted by molar-refractivity contribution is 0.0845. The molecular weight excluding hydrogens is 326 g/mol. The van der Waals surface area contributed by atoms with E-state index >= 15 is 0 Å². The first-order chi connectivity index (χ1) is 12.5. The van der Waals surface area contributed by atoms with E-state index in [2.05, 4.69) is 65.2 Å². The maximum atomic E-state index is 4.94. The summed E-state index contributed by atoms with van der Waals surface area (Å²) in [7, 11) is 4.40. The molecule has 0 saturated heterocycles. The summed E-state index contributed by atoms with van der Waals surface area (Å²) >= 11 is 0. The Bertz CT molecular complexity index is 566. The summed E-state index contributed by atoms with van der Waals surface area (Å²) in [6.45, 7) is 9.94. The van der Waals surface area contributed by atoms with E-state index < -0.39 is 0 Å². The zero-order valence-corrected chi connectivity index (χ0v) is 17.3. The number of guanidine groups is 1. The molecule has 0 spiro atoms. The molecule has 2 rings (SSSR count). The molecule has 2 N–H and O–H groups in total. The van der Waals surface area contributed by atoms with Gasteiger partial charge in [0.15, 0.2) is 5.96 Å². The molecule has 26 heavy (non-hydrogen) atoms. The Balaban J connectivity index is 1.96. The van der Waals surface area contributed by atoms with Gasteiger partial charge in [-0.05, 0) is 39.8 Å². The Labute approximate surface area is 158 Å². The third-order valence-electron chi connectivity index (χ3n) is 5.55. The molecule has 7 nitrogen and oxygen atoms in total. The van der Waals surface area contributed by atoms with Crippen molar-refractivity contribution in [2.24, 2.45) is 10.9 Å². The van der Waals surface area contributed by atoms with E-state index in [9.17, 15) is 0 Å². The first-order valence-corrected chi connectivity index (χ1v) is 10.1. The van der Waals surface area contributed by atoms with Crippen molar-refractivity contribution in [2.45, 2.75) is 65.0 Å². The number of hydrogen-bond donors (Lipinski definition) is 2. The van der Waals surface area contributed by atoms with Crippen LogP contribution in [0.5, 0.6) is 0 Å². The molecule has 0 bridgehead atoms. The van der Waals surface area contributed by atoms with Crippen LogP contribution in [-0.2, 0) is 13.0 Å². The van der Waals surface area contributed by atoms with E-state index in [1.807, 2.05) is 0 Å². The summed E-state index contributed by atoms with van der Waals surface area (Å²) in [6.07, 6.45) is 7.80. The highest BCUT2D eigenvalue weighted by molar-refractivity contribution is 5.79. The molecular formula is C19H37N7. The minimum absolute atomic E-state index is 0.184. The second-order valence-electron chi connectivity index (χ2n) is 7.74. The number of hydrogen-bond acceptors (Lipinski definition) is 4. The Morgan fingerprint density at radius 1 is 1.38 bits per heavy atom. The smallest absolute Gasteiger partial charge is 0.191 e. The van der Waals surface area contributed by atoms with Gasteiger partial charge in [0.2, 0.25) is 0 Å². The summed E-state index contributed by atoms with van der Waals surface area (Å²) in [5.74, 6) is 2.70. The third-order valence-corrected chi connectivity index (χ3v) is 5.55. The van der Waals surface area contributed by atoms with Gasteiger partial charge < -0.3 is 20.1 Å². The minimum Gasteiger partial charge on any atom is -0.357 e. The Morgan fingerprint density at radius 2 is 2.19 bits per heavy atom. The first-order valence-electron chi connectivity index (χ1n) is 10.1. The third kappa shape index (κ3) is 5.43. The van der Waals surface area contributed by atoms with Gasteiger partial charge in [-0.15, -0.1) is 10.2 Å². The molecule has 1 aliphatic rings. The molecule has 1 fully saturated rings. The maximum Gasteiger partial charge on any atom is 0.191 e. The first kappa shape index (κ1) is 20.7. The molecule has 1 aromatic rings. The van der Waals surface area contributed by atoms with Crippen LogP contribution in [0.15, 0.2) is 11.3 Å². The van der Waals surface area contributed by atoms with E-state index in [0.29, 0.717) is 0 Å². The highest BCUT2D eigenvalue weighted by atomic mass is 15.3. The number of aryl methyl sites for hydroxylation is 1. The van der Waals surface area contributed by atoms with Crippen molar-refractivity contribution in [1.82, 2.24) is 30.3 Å². The molecule has 0 radical (unpaired) electrons. The van der Waals surface area contributed by atoms with Crippen LogP contribution in [0.25, 0.3) is 0 Å². The molecule has 2 unspecified atom stereocenters. The number of aromatic nitrogens is 3. The predicted molar refractivity (Wildman–Crippen MR) is 107 cm³/mol. The van der Waals surface area contributed by atoms with Crippen molar-refractivity contribution in [3.05, 3.63) is 12.2 Å². The van der Waals surface area contributed by atoms with Crippen molar-refractivity contribution in [3.8, 4) is 0 Å².